The average molecular weight is 193 g/mol. The van der Waals surface area contributed by atoms with Gasteiger partial charge < -0.3 is 0 Å². The fourth-order valence-electron chi connectivity index (χ4n) is 1.15. The molecule has 2 heteroatoms. The summed E-state index contributed by atoms with van der Waals surface area (Å²) in [5, 5.41) is 0. The van der Waals surface area contributed by atoms with E-state index >= 15 is 0 Å². The molecular weight excluding hydrogens is 172 g/mol. The summed E-state index contributed by atoms with van der Waals surface area (Å²) in [6.07, 6.45) is 6.86. The highest BCUT2D eigenvalue weighted by Gasteiger charge is 2.15. The maximum Gasteiger partial charge on any atom is 0.150 e. The molecular formula is C9H21ClSi. The lowest BCUT2D eigenvalue weighted by molar-refractivity contribution is 0.654. The summed E-state index contributed by atoms with van der Waals surface area (Å²) < 4.78 is 0. The van der Waals surface area contributed by atoms with Crippen LogP contribution in [0.15, 0.2) is 0 Å². The zero-order valence-corrected chi connectivity index (χ0v) is 9.88. The Hall–Kier alpha value is 0.507. The fraction of sp³-hybridized carbons (Fsp3) is 1.00. The molecule has 0 heterocycles. The molecule has 0 aliphatic rings. The Morgan fingerprint density at radius 3 is 2.00 bits per heavy atom. The van der Waals surface area contributed by atoms with Gasteiger partial charge in [0.15, 0.2) is 0 Å². The van der Waals surface area contributed by atoms with Crippen molar-refractivity contribution < 1.29 is 0 Å². The third kappa shape index (κ3) is 10.5. The quantitative estimate of drug-likeness (QED) is 0.333. The Kier molecular flexibility index (Phi) is 6.35. The summed E-state index contributed by atoms with van der Waals surface area (Å²) >= 11 is 6.18. The average Bonchev–Trinajstić information content (AvgIpc) is 1.85. The van der Waals surface area contributed by atoms with Crippen LogP contribution in [-0.4, -0.2) is 7.38 Å². The Bertz CT molecular complexity index is 86.1. The zero-order valence-electron chi connectivity index (χ0n) is 8.12. The molecule has 0 radical (unpaired) electrons. The molecule has 0 spiro atoms. The van der Waals surface area contributed by atoms with Crippen molar-refractivity contribution in [1.82, 2.24) is 0 Å². The summed E-state index contributed by atoms with van der Waals surface area (Å²) in [6, 6.07) is 1.29. The Morgan fingerprint density at radius 2 is 1.55 bits per heavy atom. The van der Waals surface area contributed by atoms with Crippen LogP contribution in [0.2, 0.25) is 19.1 Å². The van der Waals surface area contributed by atoms with Crippen molar-refractivity contribution in [3.05, 3.63) is 0 Å². The van der Waals surface area contributed by atoms with Crippen LogP contribution in [0.1, 0.15) is 39.0 Å². The lowest BCUT2D eigenvalue weighted by Crippen LogP contribution is -2.14. The molecule has 0 unspecified atom stereocenters. The van der Waals surface area contributed by atoms with E-state index in [1.807, 2.05) is 0 Å². The highest BCUT2D eigenvalue weighted by molar-refractivity contribution is 7.19. The SMILES string of the molecule is CCCCCCC[Si](C)(C)Cl. The minimum absolute atomic E-state index is 1.25. The van der Waals surface area contributed by atoms with Crippen LogP contribution in [0.5, 0.6) is 0 Å². The smallest absolute Gasteiger partial charge is 0.150 e. The molecule has 0 aliphatic carbocycles. The number of unbranched alkanes of at least 4 members (excludes halogenated alkanes) is 4. The van der Waals surface area contributed by atoms with Crippen LogP contribution >= 0.6 is 11.1 Å². The minimum atomic E-state index is -1.25. The Morgan fingerprint density at radius 1 is 1.00 bits per heavy atom. The van der Waals surface area contributed by atoms with Crippen molar-refractivity contribution >= 4 is 18.5 Å². The fourth-order valence-corrected chi connectivity index (χ4v) is 2.64. The normalized spacial score (nSPS) is 12.0. The molecule has 0 atom stereocenters. The molecule has 0 aromatic heterocycles. The van der Waals surface area contributed by atoms with Crippen LogP contribution in [-0.2, 0) is 0 Å². The number of hydrogen-bond acceptors (Lipinski definition) is 0. The predicted molar refractivity (Wildman–Crippen MR) is 56.9 cm³/mol. The van der Waals surface area contributed by atoms with Crippen molar-refractivity contribution in [1.29, 1.82) is 0 Å². The van der Waals surface area contributed by atoms with Gasteiger partial charge in [0.2, 0.25) is 0 Å². The standard InChI is InChI=1S/C9H21ClSi/c1-4-5-6-7-8-9-11(2,3)10/h4-9H2,1-3H3. The zero-order chi connectivity index (χ0) is 8.74. The number of halogens is 1. The molecule has 0 saturated heterocycles. The van der Waals surface area contributed by atoms with Gasteiger partial charge in [-0.05, 0) is 6.04 Å². The lowest BCUT2D eigenvalue weighted by atomic mass is 10.2. The van der Waals surface area contributed by atoms with E-state index in [1.165, 1.54) is 38.1 Å². The minimum Gasteiger partial charge on any atom is -0.168 e. The van der Waals surface area contributed by atoms with Crippen molar-refractivity contribution in [2.24, 2.45) is 0 Å². The largest absolute Gasteiger partial charge is 0.168 e. The maximum absolute atomic E-state index is 6.18. The summed E-state index contributed by atoms with van der Waals surface area (Å²) in [5.74, 6) is 0. The molecule has 0 N–H and O–H groups in total. The van der Waals surface area contributed by atoms with Crippen molar-refractivity contribution in [3.8, 4) is 0 Å². The van der Waals surface area contributed by atoms with E-state index in [0.29, 0.717) is 0 Å². The van der Waals surface area contributed by atoms with E-state index in [2.05, 4.69) is 20.0 Å². The van der Waals surface area contributed by atoms with Gasteiger partial charge in [0, 0.05) is 0 Å². The molecule has 0 fully saturated rings. The molecule has 11 heavy (non-hydrogen) atoms. The summed E-state index contributed by atoms with van der Waals surface area (Å²) in [4.78, 5) is 0. The van der Waals surface area contributed by atoms with Crippen molar-refractivity contribution in [3.63, 3.8) is 0 Å². The molecule has 0 aromatic carbocycles. The molecule has 68 valence electrons. The van der Waals surface area contributed by atoms with Gasteiger partial charge in [-0.3, -0.25) is 0 Å². The first-order valence-corrected chi connectivity index (χ1v) is 8.97. The van der Waals surface area contributed by atoms with Crippen LogP contribution in [0, 0.1) is 0 Å². The summed E-state index contributed by atoms with van der Waals surface area (Å²) in [5.41, 5.74) is 0. The van der Waals surface area contributed by atoms with Gasteiger partial charge in [-0.1, -0.05) is 52.1 Å². The number of hydrogen-bond donors (Lipinski definition) is 0. The molecule has 0 aromatic rings. The summed E-state index contributed by atoms with van der Waals surface area (Å²) in [7, 11) is -1.25. The topological polar surface area (TPSA) is 0 Å². The predicted octanol–water partition coefficient (Wildman–Crippen LogP) is 4.40. The first kappa shape index (κ1) is 11.5. The van der Waals surface area contributed by atoms with Crippen molar-refractivity contribution in [2.45, 2.75) is 58.2 Å². The maximum atomic E-state index is 6.18. The van der Waals surface area contributed by atoms with Gasteiger partial charge in [-0.2, -0.15) is 11.1 Å². The molecule has 0 bridgehead atoms. The van der Waals surface area contributed by atoms with Crippen LogP contribution < -0.4 is 0 Å². The highest BCUT2D eigenvalue weighted by Crippen LogP contribution is 2.18. The van der Waals surface area contributed by atoms with E-state index in [1.54, 1.807) is 0 Å². The second kappa shape index (κ2) is 6.07. The third-order valence-corrected chi connectivity index (χ3v) is 3.98. The van der Waals surface area contributed by atoms with E-state index < -0.39 is 7.38 Å². The Balaban J connectivity index is 3.02. The van der Waals surface area contributed by atoms with E-state index in [0.717, 1.165) is 0 Å². The molecule has 0 rings (SSSR count). The third-order valence-electron chi connectivity index (χ3n) is 1.87. The van der Waals surface area contributed by atoms with Gasteiger partial charge in [0.25, 0.3) is 0 Å². The van der Waals surface area contributed by atoms with Crippen molar-refractivity contribution in [2.75, 3.05) is 0 Å². The first-order chi connectivity index (χ1) is 5.06. The lowest BCUT2D eigenvalue weighted by Gasteiger charge is -2.11. The second-order valence-corrected chi connectivity index (χ2v) is 10.9. The first-order valence-electron chi connectivity index (χ1n) is 4.75. The van der Waals surface area contributed by atoms with Gasteiger partial charge in [-0.25, -0.2) is 0 Å². The summed E-state index contributed by atoms with van der Waals surface area (Å²) in [6.45, 7) is 6.71. The van der Waals surface area contributed by atoms with Gasteiger partial charge in [0.05, 0.1) is 0 Å². The molecule has 0 aliphatic heterocycles. The van der Waals surface area contributed by atoms with Crippen LogP contribution in [0.3, 0.4) is 0 Å². The van der Waals surface area contributed by atoms with Gasteiger partial charge in [0.1, 0.15) is 7.38 Å². The molecule has 0 amide bonds. The molecule has 0 nitrogen and oxygen atoms in total. The van der Waals surface area contributed by atoms with Crippen LogP contribution in [0.4, 0.5) is 0 Å². The van der Waals surface area contributed by atoms with E-state index in [-0.39, 0.29) is 0 Å². The van der Waals surface area contributed by atoms with E-state index in [9.17, 15) is 0 Å². The second-order valence-electron chi connectivity index (χ2n) is 3.88. The monoisotopic (exact) mass is 192 g/mol. The van der Waals surface area contributed by atoms with Crippen LogP contribution in [0.25, 0.3) is 0 Å². The van der Waals surface area contributed by atoms with Gasteiger partial charge in [-0.15, -0.1) is 0 Å². The Labute approximate surface area is 77.0 Å². The highest BCUT2D eigenvalue weighted by atomic mass is 35.6. The van der Waals surface area contributed by atoms with E-state index in [4.69, 9.17) is 11.1 Å². The molecule has 0 saturated carbocycles. The number of rotatable bonds is 6. The van der Waals surface area contributed by atoms with Gasteiger partial charge >= 0.3 is 0 Å².